The first kappa shape index (κ1) is 25.2. The Bertz CT molecular complexity index is 679. The number of rotatable bonds is 10. The number of thioether (sulfide) groups is 1. The molecule has 1 aromatic rings. The molecule has 3 atom stereocenters. The van der Waals surface area contributed by atoms with Crippen LogP contribution < -0.4 is 11.1 Å². The molecule has 2 amide bonds. The topological polar surface area (TPSA) is 92.5 Å². The zero-order chi connectivity index (χ0) is 22.1. The van der Waals surface area contributed by atoms with Crippen molar-refractivity contribution in [2.75, 3.05) is 7.05 Å². The Kier molecular flexibility index (Phi) is 10.4. The number of hydrogen-bond acceptors (Lipinski definition) is 5. The summed E-state index contributed by atoms with van der Waals surface area (Å²) in [4.78, 5) is 39.4. The van der Waals surface area contributed by atoms with E-state index in [0.29, 0.717) is 12.2 Å². The van der Waals surface area contributed by atoms with Crippen LogP contribution in [0.5, 0.6) is 0 Å². The molecule has 29 heavy (non-hydrogen) atoms. The highest BCUT2D eigenvalue weighted by Crippen LogP contribution is 2.17. The number of likely N-dealkylation sites (N-methyl/N-ethyl adjacent to an activating group) is 1. The second-order valence-electron chi connectivity index (χ2n) is 8.19. The van der Waals surface area contributed by atoms with E-state index in [1.807, 2.05) is 58.0 Å². The highest BCUT2D eigenvalue weighted by molar-refractivity contribution is 8.13. The molecule has 162 valence electrons. The fraction of sp³-hybridized carbons (Fsp3) is 0.591. The molecule has 0 aliphatic carbocycles. The molecule has 0 aromatic heterocycles. The van der Waals surface area contributed by atoms with Crippen LogP contribution in [-0.4, -0.2) is 47.0 Å². The molecule has 1 rings (SSSR count). The lowest BCUT2D eigenvalue weighted by molar-refractivity contribution is -0.141. The van der Waals surface area contributed by atoms with E-state index in [4.69, 9.17) is 5.73 Å². The van der Waals surface area contributed by atoms with Gasteiger partial charge in [-0.2, -0.15) is 0 Å². The summed E-state index contributed by atoms with van der Waals surface area (Å²) < 4.78 is 0. The number of amides is 2. The number of carbonyl (C=O) groups is 3. The summed E-state index contributed by atoms with van der Waals surface area (Å²) in [5.74, 6) is 0.138. The molecule has 0 fully saturated rings. The SMILES string of the molecule is CC(C)C[C@@H](C(=O)N[C@@H](C)C(=O)SCc1ccccc1)N(C)C(=O)[C@@H](N)C(C)C. The Morgan fingerprint density at radius 2 is 1.66 bits per heavy atom. The van der Waals surface area contributed by atoms with Crippen molar-refractivity contribution >= 4 is 28.7 Å². The monoisotopic (exact) mass is 421 g/mol. The van der Waals surface area contributed by atoms with Gasteiger partial charge in [-0.1, -0.05) is 69.8 Å². The van der Waals surface area contributed by atoms with Crippen LogP contribution in [0.1, 0.15) is 46.6 Å². The van der Waals surface area contributed by atoms with Crippen LogP contribution in [0.2, 0.25) is 0 Å². The maximum atomic E-state index is 12.9. The standard InChI is InChI=1S/C22H35N3O3S/c1-14(2)12-18(25(6)21(27)19(23)15(3)4)20(26)24-16(5)22(28)29-13-17-10-8-7-9-11-17/h7-11,14-16,18-19H,12-13,23H2,1-6H3,(H,24,26)/t16-,18-,19-/m0/s1. The fourth-order valence-electron chi connectivity index (χ4n) is 2.78. The molecule has 0 aliphatic rings. The molecule has 6 nitrogen and oxygen atoms in total. The second-order valence-corrected chi connectivity index (χ2v) is 9.17. The third kappa shape index (κ3) is 8.19. The van der Waals surface area contributed by atoms with Crippen LogP contribution in [0.15, 0.2) is 30.3 Å². The number of nitrogens with two attached hydrogens (primary N) is 1. The summed E-state index contributed by atoms with van der Waals surface area (Å²) in [5, 5.41) is 2.67. The lowest BCUT2D eigenvalue weighted by Crippen LogP contribution is -2.55. The fourth-order valence-corrected chi connectivity index (χ4v) is 3.59. The van der Waals surface area contributed by atoms with E-state index in [1.54, 1.807) is 14.0 Å². The Morgan fingerprint density at radius 1 is 1.07 bits per heavy atom. The van der Waals surface area contributed by atoms with Crippen molar-refractivity contribution in [3.05, 3.63) is 35.9 Å². The van der Waals surface area contributed by atoms with Gasteiger partial charge >= 0.3 is 0 Å². The summed E-state index contributed by atoms with van der Waals surface area (Å²) in [6, 6.07) is 7.73. The molecular weight excluding hydrogens is 386 g/mol. The van der Waals surface area contributed by atoms with E-state index >= 15 is 0 Å². The summed E-state index contributed by atoms with van der Waals surface area (Å²) in [6.07, 6.45) is 0.497. The summed E-state index contributed by atoms with van der Waals surface area (Å²) in [6.45, 7) is 9.40. The average molecular weight is 422 g/mol. The maximum absolute atomic E-state index is 12.9. The largest absolute Gasteiger partial charge is 0.344 e. The van der Waals surface area contributed by atoms with E-state index in [0.717, 1.165) is 5.56 Å². The smallest absolute Gasteiger partial charge is 0.243 e. The minimum atomic E-state index is -0.665. The maximum Gasteiger partial charge on any atom is 0.243 e. The van der Waals surface area contributed by atoms with Crippen LogP contribution in [0, 0.1) is 11.8 Å². The van der Waals surface area contributed by atoms with Gasteiger partial charge in [0.05, 0.1) is 12.1 Å². The van der Waals surface area contributed by atoms with Crippen molar-refractivity contribution in [1.82, 2.24) is 10.2 Å². The molecule has 0 unspecified atom stereocenters. The molecule has 0 aliphatic heterocycles. The number of benzene rings is 1. The molecule has 7 heteroatoms. The van der Waals surface area contributed by atoms with Gasteiger partial charge in [-0.25, -0.2) is 0 Å². The van der Waals surface area contributed by atoms with E-state index < -0.39 is 18.1 Å². The normalized spacial score (nSPS) is 14.4. The molecule has 0 radical (unpaired) electrons. The van der Waals surface area contributed by atoms with Gasteiger partial charge in [0.1, 0.15) is 6.04 Å². The van der Waals surface area contributed by atoms with E-state index in [-0.39, 0.29) is 28.8 Å². The van der Waals surface area contributed by atoms with Crippen LogP contribution in [-0.2, 0) is 20.1 Å². The molecule has 0 spiro atoms. The molecule has 0 heterocycles. The third-order valence-corrected chi connectivity index (χ3v) is 5.87. The first-order chi connectivity index (χ1) is 13.5. The van der Waals surface area contributed by atoms with Crippen molar-refractivity contribution in [1.29, 1.82) is 0 Å². The zero-order valence-corrected chi connectivity index (χ0v) is 19.2. The Labute approximate surface area is 179 Å². The van der Waals surface area contributed by atoms with Gasteiger partial charge in [0.15, 0.2) is 0 Å². The van der Waals surface area contributed by atoms with Crippen LogP contribution in [0.25, 0.3) is 0 Å². The van der Waals surface area contributed by atoms with Gasteiger partial charge in [0, 0.05) is 12.8 Å². The number of hydrogen-bond donors (Lipinski definition) is 2. The summed E-state index contributed by atoms with van der Waals surface area (Å²) in [5.41, 5.74) is 7.04. The first-order valence-corrected chi connectivity index (χ1v) is 11.1. The number of carbonyl (C=O) groups excluding carboxylic acids is 3. The van der Waals surface area contributed by atoms with Crippen molar-refractivity contribution in [3.63, 3.8) is 0 Å². The molecule has 0 saturated carbocycles. The Hall–Kier alpha value is -1.86. The predicted octanol–water partition coefficient (Wildman–Crippen LogP) is 2.81. The van der Waals surface area contributed by atoms with E-state index in [2.05, 4.69) is 5.32 Å². The Balaban J connectivity index is 2.75. The van der Waals surface area contributed by atoms with Gasteiger partial charge in [-0.05, 0) is 30.7 Å². The molecule has 0 bridgehead atoms. The van der Waals surface area contributed by atoms with Gasteiger partial charge < -0.3 is 16.0 Å². The number of nitrogens with one attached hydrogen (secondary N) is 1. The summed E-state index contributed by atoms with van der Waals surface area (Å²) >= 11 is 1.17. The summed E-state index contributed by atoms with van der Waals surface area (Å²) in [7, 11) is 1.61. The second kappa shape index (κ2) is 12.0. The lowest BCUT2D eigenvalue weighted by Gasteiger charge is -2.32. The average Bonchev–Trinajstić information content (AvgIpc) is 2.68. The Morgan fingerprint density at radius 3 is 2.17 bits per heavy atom. The van der Waals surface area contributed by atoms with E-state index in [9.17, 15) is 14.4 Å². The molecule has 1 aromatic carbocycles. The minimum absolute atomic E-state index is 0.0254. The number of nitrogens with zero attached hydrogens (tertiary/aromatic N) is 1. The highest BCUT2D eigenvalue weighted by atomic mass is 32.2. The van der Waals surface area contributed by atoms with Crippen LogP contribution in [0.4, 0.5) is 0 Å². The minimum Gasteiger partial charge on any atom is -0.344 e. The van der Waals surface area contributed by atoms with E-state index in [1.165, 1.54) is 16.7 Å². The quantitative estimate of drug-likeness (QED) is 0.606. The highest BCUT2D eigenvalue weighted by Gasteiger charge is 2.32. The van der Waals surface area contributed by atoms with Gasteiger partial charge in [-0.3, -0.25) is 14.4 Å². The molecule has 3 N–H and O–H groups in total. The van der Waals surface area contributed by atoms with Crippen LogP contribution >= 0.6 is 11.8 Å². The van der Waals surface area contributed by atoms with Gasteiger partial charge in [0.25, 0.3) is 0 Å². The zero-order valence-electron chi connectivity index (χ0n) is 18.3. The molecular formula is C22H35N3O3S. The van der Waals surface area contributed by atoms with Crippen molar-refractivity contribution in [3.8, 4) is 0 Å². The van der Waals surface area contributed by atoms with Crippen molar-refractivity contribution in [2.24, 2.45) is 17.6 Å². The van der Waals surface area contributed by atoms with Crippen LogP contribution in [0.3, 0.4) is 0 Å². The predicted molar refractivity (Wildman–Crippen MR) is 119 cm³/mol. The van der Waals surface area contributed by atoms with Crippen molar-refractivity contribution < 1.29 is 14.4 Å². The third-order valence-electron chi connectivity index (χ3n) is 4.75. The first-order valence-electron chi connectivity index (χ1n) is 10.1. The lowest BCUT2D eigenvalue weighted by atomic mass is 9.99. The van der Waals surface area contributed by atoms with Gasteiger partial charge in [0.2, 0.25) is 16.9 Å². The van der Waals surface area contributed by atoms with Gasteiger partial charge in [-0.15, -0.1) is 0 Å². The molecule has 0 saturated heterocycles. The van der Waals surface area contributed by atoms with Crippen molar-refractivity contribution in [2.45, 2.75) is 64.9 Å².